The molecule has 0 unspecified atom stereocenters. The molecule has 92 valence electrons. The third-order valence-corrected chi connectivity index (χ3v) is 3.05. The summed E-state index contributed by atoms with van der Waals surface area (Å²) < 4.78 is 6.01. The summed E-state index contributed by atoms with van der Waals surface area (Å²) in [5.74, 6) is 1.73. The predicted octanol–water partition coefficient (Wildman–Crippen LogP) is 3.66. The minimum Gasteiger partial charge on any atom is -0.459 e. The second-order valence-corrected chi connectivity index (χ2v) is 5.08. The molecular weight excluding hydrogens is 210 g/mol. The van der Waals surface area contributed by atoms with E-state index < -0.39 is 0 Å². The summed E-state index contributed by atoms with van der Waals surface area (Å²) >= 11 is 0. The van der Waals surface area contributed by atoms with Crippen LogP contribution in [0, 0.1) is 12.8 Å². The SMILES string of the molecule is CNCc1oc2c(C)cccc2c1CC(C)C. The summed E-state index contributed by atoms with van der Waals surface area (Å²) in [5, 5.41) is 4.47. The molecule has 1 N–H and O–H groups in total. The van der Waals surface area contributed by atoms with Gasteiger partial charge in [0.15, 0.2) is 0 Å². The Balaban J connectivity index is 2.58. The second kappa shape index (κ2) is 4.92. The maximum Gasteiger partial charge on any atom is 0.137 e. The summed E-state index contributed by atoms with van der Waals surface area (Å²) in [6.07, 6.45) is 1.08. The van der Waals surface area contributed by atoms with E-state index in [-0.39, 0.29) is 0 Å². The van der Waals surface area contributed by atoms with Crippen molar-refractivity contribution in [3.8, 4) is 0 Å². The van der Waals surface area contributed by atoms with Gasteiger partial charge in [0.05, 0.1) is 6.54 Å². The molecule has 2 rings (SSSR count). The zero-order valence-corrected chi connectivity index (χ0v) is 11.1. The molecule has 0 saturated carbocycles. The molecule has 0 saturated heterocycles. The number of benzene rings is 1. The highest BCUT2D eigenvalue weighted by molar-refractivity contribution is 5.84. The van der Waals surface area contributed by atoms with Crippen LogP contribution in [0.15, 0.2) is 22.6 Å². The van der Waals surface area contributed by atoms with Gasteiger partial charge in [-0.1, -0.05) is 32.0 Å². The molecule has 1 aromatic carbocycles. The van der Waals surface area contributed by atoms with Crippen LogP contribution >= 0.6 is 0 Å². The first kappa shape index (κ1) is 12.2. The Morgan fingerprint density at radius 2 is 2.06 bits per heavy atom. The number of fused-ring (bicyclic) bond motifs is 1. The Hall–Kier alpha value is -1.28. The van der Waals surface area contributed by atoms with Gasteiger partial charge in [0, 0.05) is 10.9 Å². The topological polar surface area (TPSA) is 25.2 Å². The van der Waals surface area contributed by atoms with Crippen molar-refractivity contribution in [1.29, 1.82) is 0 Å². The van der Waals surface area contributed by atoms with Crippen LogP contribution in [-0.2, 0) is 13.0 Å². The van der Waals surface area contributed by atoms with Crippen LogP contribution in [0.3, 0.4) is 0 Å². The molecule has 0 radical (unpaired) electrons. The molecule has 0 bridgehead atoms. The van der Waals surface area contributed by atoms with E-state index in [0.717, 1.165) is 24.3 Å². The summed E-state index contributed by atoms with van der Waals surface area (Å²) in [7, 11) is 1.96. The van der Waals surface area contributed by atoms with Crippen LogP contribution in [0.25, 0.3) is 11.0 Å². The highest BCUT2D eigenvalue weighted by Gasteiger charge is 2.15. The molecule has 0 aliphatic heterocycles. The van der Waals surface area contributed by atoms with Crippen LogP contribution in [0.2, 0.25) is 0 Å². The molecule has 0 spiro atoms. The van der Waals surface area contributed by atoms with Crippen LogP contribution in [0.1, 0.15) is 30.7 Å². The molecule has 0 atom stereocenters. The van der Waals surface area contributed by atoms with Crippen molar-refractivity contribution >= 4 is 11.0 Å². The van der Waals surface area contributed by atoms with Crippen molar-refractivity contribution in [3.63, 3.8) is 0 Å². The van der Waals surface area contributed by atoms with E-state index >= 15 is 0 Å². The van der Waals surface area contributed by atoms with E-state index in [1.54, 1.807) is 0 Å². The minimum absolute atomic E-state index is 0.645. The molecule has 0 aliphatic carbocycles. The first-order valence-electron chi connectivity index (χ1n) is 6.28. The first-order valence-corrected chi connectivity index (χ1v) is 6.28. The number of hydrogen-bond acceptors (Lipinski definition) is 2. The maximum atomic E-state index is 6.01. The largest absolute Gasteiger partial charge is 0.459 e. The number of rotatable bonds is 4. The standard InChI is InChI=1S/C15H21NO/c1-10(2)8-13-12-7-5-6-11(3)15(12)17-14(13)9-16-4/h5-7,10,16H,8-9H2,1-4H3. The lowest BCUT2D eigenvalue weighted by molar-refractivity contribution is 0.514. The maximum absolute atomic E-state index is 6.01. The zero-order valence-electron chi connectivity index (χ0n) is 11.1. The van der Waals surface area contributed by atoms with Crippen molar-refractivity contribution in [2.24, 2.45) is 5.92 Å². The first-order chi connectivity index (χ1) is 8.13. The highest BCUT2D eigenvalue weighted by Crippen LogP contribution is 2.30. The van der Waals surface area contributed by atoms with E-state index in [4.69, 9.17) is 4.42 Å². The summed E-state index contributed by atoms with van der Waals surface area (Å²) in [4.78, 5) is 0. The minimum atomic E-state index is 0.645. The summed E-state index contributed by atoms with van der Waals surface area (Å²) in [5.41, 5.74) is 3.64. The van der Waals surface area contributed by atoms with Gasteiger partial charge < -0.3 is 9.73 Å². The third-order valence-electron chi connectivity index (χ3n) is 3.05. The van der Waals surface area contributed by atoms with Gasteiger partial charge in [-0.2, -0.15) is 0 Å². The van der Waals surface area contributed by atoms with E-state index in [0.29, 0.717) is 5.92 Å². The predicted molar refractivity (Wildman–Crippen MR) is 72.3 cm³/mol. The van der Waals surface area contributed by atoms with Crippen molar-refractivity contribution < 1.29 is 4.42 Å². The molecule has 1 heterocycles. The second-order valence-electron chi connectivity index (χ2n) is 5.08. The normalized spacial score (nSPS) is 11.6. The Kier molecular flexibility index (Phi) is 3.53. The van der Waals surface area contributed by atoms with E-state index in [1.165, 1.54) is 16.5 Å². The molecule has 0 fully saturated rings. The van der Waals surface area contributed by atoms with Gasteiger partial charge in [-0.3, -0.25) is 0 Å². The molecular formula is C15H21NO. The fraction of sp³-hybridized carbons (Fsp3) is 0.467. The Bertz CT molecular complexity index is 511. The number of furan rings is 1. The van der Waals surface area contributed by atoms with Gasteiger partial charge in [-0.05, 0) is 31.9 Å². The van der Waals surface area contributed by atoms with Gasteiger partial charge >= 0.3 is 0 Å². The molecule has 0 amide bonds. The van der Waals surface area contributed by atoms with Gasteiger partial charge in [-0.25, -0.2) is 0 Å². The lowest BCUT2D eigenvalue weighted by Crippen LogP contribution is -2.07. The fourth-order valence-corrected chi connectivity index (χ4v) is 2.30. The molecule has 1 aromatic heterocycles. The Morgan fingerprint density at radius 1 is 1.29 bits per heavy atom. The van der Waals surface area contributed by atoms with Crippen molar-refractivity contribution in [1.82, 2.24) is 5.32 Å². The van der Waals surface area contributed by atoms with Crippen molar-refractivity contribution in [3.05, 3.63) is 35.1 Å². The molecule has 17 heavy (non-hydrogen) atoms. The molecule has 2 aromatic rings. The van der Waals surface area contributed by atoms with Gasteiger partial charge in [0.2, 0.25) is 0 Å². The van der Waals surface area contributed by atoms with Crippen LogP contribution in [0.4, 0.5) is 0 Å². The Labute approximate surface area is 103 Å². The van der Waals surface area contributed by atoms with Crippen LogP contribution in [-0.4, -0.2) is 7.05 Å². The van der Waals surface area contributed by atoms with Crippen molar-refractivity contribution in [2.45, 2.75) is 33.7 Å². The molecule has 2 heteroatoms. The number of para-hydroxylation sites is 1. The van der Waals surface area contributed by atoms with Gasteiger partial charge in [-0.15, -0.1) is 0 Å². The van der Waals surface area contributed by atoms with E-state index in [1.807, 2.05) is 7.05 Å². The molecule has 0 aliphatic rings. The van der Waals surface area contributed by atoms with Gasteiger partial charge in [0.25, 0.3) is 0 Å². The fourth-order valence-electron chi connectivity index (χ4n) is 2.30. The monoisotopic (exact) mass is 231 g/mol. The average molecular weight is 231 g/mol. The Morgan fingerprint density at radius 3 is 2.71 bits per heavy atom. The van der Waals surface area contributed by atoms with E-state index in [9.17, 15) is 0 Å². The van der Waals surface area contributed by atoms with Gasteiger partial charge in [0.1, 0.15) is 11.3 Å². The van der Waals surface area contributed by atoms with Crippen molar-refractivity contribution in [2.75, 3.05) is 7.05 Å². The number of nitrogens with one attached hydrogen (secondary N) is 1. The third kappa shape index (κ3) is 2.37. The zero-order chi connectivity index (χ0) is 12.4. The van der Waals surface area contributed by atoms with Crippen LogP contribution < -0.4 is 5.32 Å². The number of hydrogen-bond donors (Lipinski definition) is 1. The molecule has 2 nitrogen and oxygen atoms in total. The smallest absolute Gasteiger partial charge is 0.137 e. The number of aryl methyl sites for hydroxylation is 1. The lowest BCUT2D eigenvalue weighted by atomic mass is 9.99. The summed E-state index contributed by atoms with van der Waals surface area (Å²) in [6.45, 7) is 7.40. The lowest BCUT2D eigenvalue weighted by Gasteiger charge is -2.05. The van der Waals surface area contributed by atoms with Crippen LogP contribution in [0.5, 0.6) is 0 Å². The average Bonchev–Trinajstić information content (AvgIpc) is 2.59. The highest BCUT2D eigenvalue weighted by atomic mass is 16.3. The quantitative estimate of drug-likeness (QED) is 0.868. The van der Waals surface area contributed by atoms with E-state index in [2.05, 4.69) is 44.3 Å². The summed E-state index contributed by atoms with van der Waals surface area (Å²) in [6, 6.07) is 6.39.